The summed E-state index contributed by atoms with van der Waals surface area (Å²) in [7, 11) is -0.509. The van der Waals surface area contributed by atoms with Gasteiger partial charge in [0.1, 0.15) is 5.75 Å². The Morgan fingerprint density at radius 1 is 1.28 bits per heavy atom. The van der Waals surface area contributed by atoms with Gasteiger partial charge in [-0.1, -0.05) is 6.92 Å². The van der Waals surface area contributed by atoms with Gasteiger partial charge in [0.2, 0.25) is 15.9 Å². The van der Waals surface area contributed by atoms with Crippen molar-refractivity contribution in [2.75, 3.05) is 52.1 Å². The van der Waals surface area contributed by atoms with E-state index in [1.54, 1.807) is 17.9 Å². The number of amides is 2. The highest BCUT2D eigenvalue weighted by molar-refractivity contribution is 7.89. The molecular formula is C19H28N4O5S. The number of fused-ring (bicyclic) bond motifs is 1. The monoisotopic (exact) mass is 424 g/mol. The summed E-state index contributed by atoms with van der Waals surface area (Å²) in [4.78, 5) is 28.4. The molecule has 1 atom stereocenters. The molecule has 1 fully saturated rings. The Bertz CT molecular complexity index is 909. The van der Waals surface area contributed by atoms with Gasteiger partial charge in [-0.05, 0) is 32.0 Å². The van der Waals surface area contributed by atoms with Crippen molar-refractivity contribution in [1.82, 2.24) is 14.1 Å². The first kappa shape index (κ1) is 21.5. The number of piperazine rings is 1. The summed E-state index contributed by atoms with van der Waals surface area (Å²) >= 11 is 0. The highest BCUT2D eigenvalue weighted by Crippen LogP contribution is 2.35. The van der Waals surface area contributed by atoms with Crippen molar-refractivity contribution in [3.05, 3.63) is 17.7 Å². The smallest absolute Gasteiger partial charge is 0.265 e. The van der Waals surface area contributed by atoms with E-state index in [-0.39, 0.29) is 23.3 Å². The second-order valence-corrected chi connectivity index (χ2v) is 9.58. The number of nitrogens with one attached hydrogen (secondary N) is 1. The first-order chi connectivity index (χ1) is 13.6. The molecule has 1 saturated heterocycles. The van der Waals surface area contributed by atoms with E-state index >= 15 is 0 Å². The summed E-state index contributed by atoms with van der Waals surface area (Å²) in [5.74, 6) is -0.140. The van der Waals surface area contributed by atoms with Crippen molar-refractivity contribution < 1.29 is 22.7 Å². The molecule has 29 heavy (non-hydrogen) atoms. The maximum absolute atomic E-state index is 13.1. The number of carbonyl (C=O) groups excluding carboxylic acids is 2. The number of sulfonamides is 1. The molecule has 9 nitrogen and oxygen atoms in total. The Morgan fingerprint density at radius 3 is 2.55 bits per heavy atom. The average molecular weight is 425 g/mol. The van der Waals surface area contributed by atoms with Crippen molar-refractivity contribution in [2.24, 2.45) is 0 Å². The van der Waals surface area contributed by atoms with Gasteiger partial charge in [0.05, 0.1) is 17.1 Å². The lowest BCUT2D eigenvalue weighted by Crippen LogP contribution is -2.50. The summed E-state index contributed by atoms with van der Waals surface area (Å²) in [6, 6.07) is 3.01. The van der Waals surface area contributed by atoms with Crippen LogP contribution in [-0.2, 0) is 19.6 Å². The van der Waals surface area contributed by atoms with Gasteiger partial charge in [-0.3, -0.25) is 9.59 Å². The molecule has 1 N–H and O–H groups in total. The van der Waals surface area contributed by atoms with Gasteiger partial charge in [-0.2, -0.15) is 4.31 Å². The first-order valence-corrected chi connectivity index (χ1v) is 11.1. The van der Waals surface area contributed by atoms with Crippen LogP contribution in [0.25, 0.3) is 0 Å². The molecule has 1 aromatic carbocycles. The molecule has 1 aromatic rings. The molecule has 0 bridgehead atoms. The Labute approximate surface area is 171 Å². The number of likely N-dealkylation sites (N-methyl/N-ethyl adjacent to an activating group) is 2. The number of hydrogen-bond donors (Lipinski definition) is 1. The lowest BCUT2D eigenvalue weighted by Gasteiger charge is -2.33. The fourth-order valence-corrected chi connectivity index (χ4v) is 4.77. The topological polar surface area (TPSA) is 99.3 Å². The zero-order valence-electron chi connectivity index (χ0n) is 17.3. The summed E-state index contributed by atoms with van der Waals surface area (Å²) in [6.07, 6.45) is -0.182. The van der Waals surface area contributed by atoms with Crippen LogP contribution in [0.15, 0.2) is 17.0 Å². The minimum Gasteiger partial charge on any atom is -0.478 e. The van der Waals surface area contributed by atoms with Crippen LogP contribution in [0, 0.1) is 6.92 Å². The predicted octanol–water partition coefficient (Wildman–Crippen LogP) is 0.499. The molecule has 0 aromatic heterocycles. The van der Waals surface area contributed by atoms with E-state index < -0.39 is 16.1 Å². The predicted molar refractivity (Wildman–Crippen MR) is 108 cm³/mol. The minimum absolute atomic E-state index is 0.0657. The lowest BCUT2D eigenvalue weighted by molar-refractivity contribution is -0.132. The van der Waals surface area contributed by atoms with Crippen molar-refractivity contribution >= 4 is 27.5 Å². The maximum Gasteiger partial charge on any atom is 0.265 e. The molecule has 0 spiro atoms. The van der Waals surface area contributed by atoms with E-state index in [0.29, 0.717) is 36.5 Å². The summed E-state index contributed by atoms with van der Waals surface area (Å²) in [5.41, 5.74) is 0.925. The van der Waals surface area contributed by atoms with Gasteiger partial charge >= 0.3 is 0 Å². The van der Waals surface area contributed by atoms with Crippen LogP contribution in [0.4, 0.5) is 5.69 Å². The second kappa shape index (κ2) is 8.29. The molecular weight excluding hydrogens is 396 g/mol. The van der Waals surface area contributed by atoms with Crippen LogP contribution in [0.1, 0.15) is 18.9 Å². The third-order valence-corrected chi connectivity index (χ3v) is 7.31. The summed E-state index contributed by atoms with van der Waals surface area (Å²) in [6.45, 7) is 5.97. The first-order valence-electron chi connectivity index (χ1n) is 9.68. The number of carbonyl (C=O) groups is 2. The van der Waals surface area contributed by atoms with Gasteiger partial charge in [-0.15, -0.1) is 0 Å². The lowest BCUT2D eigenvalue weighted by atomic mass is 10.1. The van der Waals surface area contributed by atoms with E-state index in [1.807, 2.05) is 14.0 Å². The second-order valence-electron chi connectivity index (χ2n) is 7.56. The molecule has 2 aliphatic rings. The van der Waals surface area contributed by atoms with E-state index in [9.17, 15) is 18.0 Å². The van der Waals surface area contributed by atoms with Crippen LogP contribution in [0.2, 0.25) is 0 Å². The molecule has 0 saturated carbocycles. The SMILES string of the molecule is CC[C@@H]1Oc2cc(S(=O)(=O)N(C)CC(=O)N3CCN(C)CC3)c(C)cc2NC1=O. The Kier molecular flexibility index (Phi) is 6.16. The minimum atomic E-state index is -3.90. The third-order valence-electron chi connectivity index (χ3n) is 5.37. The average Bonchev–Trinajstić information content (AvgIpc) is 2.67. The Hall–Kier alpha value is -2.17. The summed E-state index contributed by atoms with van der Waals surface area (Å²) in [5, 5.41) is 2.75. The van der Waals surface area contributed by atoms with E-state index in [0.717, 1.165) is 17.4 Å². The molecule has 2 amide bonds. The maximum atomic E-state index is 13.1. The molecule has 2 heterocycles. The highest BCUT2D eigenvalue weighted by atomic mass is 32.2. The van der Waals surface area contributed by atoms with Crippen LogP contribution in [-0.4, -0.2) is 87.3 Å². The number of benzene rings is 1. The van der Waals surface area contributed by atoms with Crippen molar-refractivity contribution in [3.8, 4) is 5.75 Å². The van der Waals surface area contributed by atoms with Gasteiger partial charge < -0.3 is 19.9 Å². The molecule has 10 heteroatoms. The van der Waals surface area contributed by atoms with Crippen LogP contribution in [0.5, 0.6) is 5.75 Å². The number of anilines is 1. The van der Waals surface area contributed by atoms with E-state index in [2.05, 4.69) is 10.2 Å². The largest absolute Gasteiger partial charge is 0.478 e. The van der Waals surface area contributed by atoms with Gasteiger partial charge in [0, 0.05) is 39.3 Å². The standard InChI is InChI=1S/C19H28N4O5S/c1-5-15-19(25)20-14-10-13(2)17(11-16(14)28-15)29(26,27)22(4)12-18(24)23-8-6-21(3)7-9-23/h10-11,15H,5-9,12H2,1-4H3,(H,20,25)/t15-/m0/s1. The van der Waals surface area contributed by atoms with Gasteiger partial charge in [-0.25, -0.2) is 8.42 Å². The Morgan fingerprint density at radius 2 is 1.93 bits per heavy atom. The number of ether oxygens (including phenoxy) is 1. The summed E-state index contributed by atoms with van der Waals surface area (Å²) < 4.78 is 33.0. The number of hydrogen-bond acceptors (Lipinski definition) is 6. The number of aryl methyl sites for hydroxylation is 1. The highest BCUT2D eigenvalue weighted by Gasteiger charge is 2.32. The number of rotatable bonds is 5. The molecule has 160 valence electrons. The molecule has 0 unspecified atom stereocenters. The normalized spacial score (nSPS) is 20.2. The van der Waals surface area contributed by atoms with Gasteiger partial charge in [0.25, 0.3) is 5.91 Å². The quantitative estimate of drug-likeness (QED) is 0.739. The van der Waals surface area contributed by atoms with Crippen molar-refractivity contribution in [3.63, 3.8) is 0 Å². The van der Waals surface area contributed by atoms with Crippen LogP contribution in [0.3, 0.4) is 0 Å². The van der Waals surface area contributed by atoms with E-state index in [4.69, 9.17) is 4.74 Å². The zero-order valence-corrected chi connectivity index (χ0v) is 18.1. The molecule has 3 rings (SSSR count). The Balaban J connectivity index is 1.80. The van der Waals surface area contributed by atoms with Gasteiger partial charge in [0.15, 0.2) is 6.10 Å². The van der Waals surface area contributed by atoms with Crippen molar-refractivity contribution in [1.29, 1.82) is 0 Å². The molecule has 0 aliphatic carbocycles. The van der Waals surface area contributed by atoms with Crippen LogP contribution < -0.4 is 10.1 Å². The molecule has 0 radical (unpaired) electrons. The fraction of sp³-hybridized carbons (Fsp3) is 0.579. The number of nitrogens with zero attached hydrogens (tertiary/aromatic N) is 3. The van der Waals surface area contributed by atoms with Crippen LogP contribution >= 0.6 is 0 Å². The zero-order chi connectivity index (χ0) is 21.3. The third kappa shape index (κ3) is 4.39. The molecule has 2 aliphatic heterocycles. The van der Waals surface area contributed by atoms with Crippen molar-refractivity contribution in [2.45, 2.75) is 31.3 Å². The fourth-order valence-electron chi connectivity index (χ4n) is 3.43. The van der Waals surface area contributed by atoms with E-state index in [1.165, 1.54) is 13.1 Å².